The number of nitrogens with zero attached hydrogens (tertiary/aromatic N) is 4. The van der Waals surface area contributed by atoms with E-state index in [1.54, 1.807) is 6.92 Å². The summed E-state index contributed by atoms with van der Waals surface area (Å²) in [6.45, 7) is 2.17. The number of hydrogen-bond acceptors (Lipinski definition) is 5. The Morgan fingerprint density at radius 1 is 1.36 bits per heavy atom. The topological polar surface area (TPSA) is 93.1 Å². The first-order valence-corrected chi connectivity index (χ1v) is 7.45. The van der Waals surface area contributed by atoms with Crippen LogP contribution in [-0.4, -0.2) is 43.7 Å². The number of fused-ring (bicyclic) bond motifs is 1. The molecule has 1 N–H and O–H groups in total. The zero-order valence-electron chi connectivity index (χ0n) is 13.1. The Balaban J connectivity index is 1.90. The second kappa shape index (κ2) is 6.22. The maximum absolute atomic E-state index is 12.8. The number of hydrogen-bond donors (Lipinski definition) is 1. The molecule has 1 amide bonds. The van der Waals surface area contributed by atoms with Gasteiger partial charge < -0.3 is 9.64 Å². The Hall–Kier alpha value is -2.85. The molecule has 134 valence electrons. The number of amides is 1. The predicted octanol–water partition coefficient (Wildman–Crippen LogP) is 1.04. The highest BCUT2D eigenvalue weighted by Gasteiger charge is 2.35. The zero-order valence-corrected chi connectivity index (χ0v) is 13.1. The molecule has 0 fully saturated rings. The summed E-state index contributed by atoms with van der Waals surface area (Å²) in [5, 5.41) is 6.12. The lowest BCUT2D eigenvalue weighted by molar-refractivity contribution is -0.141. The fourth-order valence-corrected chi connectivity index (χ4v) is 2.52. The summed E-state index contributed by atoms with van der Waals surface area (Å²) in [4.78, 5) is 29.0. The van der Waals surface area contributed by atoms with Crippen LogP contribution in [0.15, 0.2) is 16.9 Å². The minimum absolute atomic E-state index is 0.0597. The van der Waals surface area contributed by atoms with E-state index in [0.717, 1.165) is 12.1 Å². The molecule has 11 heteroatoms. The van der Waals surface area contributed by atoms with E-state index in [9.17, 15) is 22.8 Å². The average Bonchev–Trinajstić information content (AvgIpc) is 2.94. The number of nitrogens with one attached hydrogen (secondary N) is 1. The molecule has 0 aliphatic carbocycles. The van der Waals surface area contributed by atoms with Gasteiger partial charge in [-0.1, -0.05) is 0 Å². The molecule has 8 nitrogen and oxygen atoms in total. The van der Waals surface area contributed by atoms with E-state index in [2.05, 4.69) is 15.2 Å². The van der Waals surface area contributed by atoms with Gasteiger partial charge in [-0.25, -0.2) is 14.9 Å². The summed E-state index contributed by atoms with van der Waals surface area (Å²) in [7, 11) is 0. The third-order valence-electron chi connectivity index (χ3n) is 3.71. The fourth-order valence-electron chi connectivity index (χ4n) is 2.52. The molecule has 2 aromatic rings. The predicted molar refractivity (Wildman–Crippen MR) is 78.0 cm³/mol. The summed E-state index contributed by atoms with van der Waals surface area (Å²) in [6.07, 6.45) is -4.64. The average molecular weight is 357 g/mol. The Kier molecular flexibility index (Phi) is 4.23. The number of rotatable bonds is 3. The van der Waals surface area contributed by atoms with Gasteiger partial charge in [0, 0.05) is 13.1 Å². The molecular formula is C14H14F3N5O3. The quantitative estimate of drug-likeness (QED) is 0.886. The number of carbonyl (C=O) groups is 1. The van der Waals surface area contributed by atoms with Crippen molar-refractivity contribution in [2.45, 2.75) is 26.2 Å². The van der Waals surface area contributed by atoms with Crippen LogP contribution in [0.4, 0.5) is 13.2 Å². The minimum Gasteiger partial charge on any atom is -0.477 e. The smallest absolute Gasteiger partial charge is 0.433 e. The Morgan fingerprint density at radius 2 is 2.12 bits per heavy atom. The van der Waals surface area contributed by atoms with Crippen LogP contribution in [0.5, 0.6) is 5.88 Å². The van der Waals surface area contributed by atoms with Crippen molar-refractivity contribution in [3.05, 3.63) is 39.7 Å². The molecule has 2 aromatic heterocycles. The first-order chi connectivity index (χ1) is 11.8. The van der Waals surface area contributed by atoms with Crippen molar-refractivity contribution in [1.82, 2.24) is 24.6 Å². The molecule has 3 heterocycles. The third kappa shape index (κ3) is 3.21. The molecule has 0 bridgehead atoms. The first kappa shape index (κ1) is 17.0. The van der Waals surface area contributed by atoms with Gasteiger partial charge in [-0.15, -0.1) is 0 Å². The maximum Gasteiger partial charge on any atom is 0.433 e. The monoisotopic (exact) mass is 357 g/mol. The van der Waals surface area contributed by atoms with E-state index >= 15 is 0 Å². The lowest BCUT2D eigenvalue weighted by Gasteiger charge is -2.27. The van der Waals surface area contributed by atoms with E-state index in [1.165, 1.54) is 9.47 Å². The van der Waals surface area contributed by atoms with Gasteiger partial charge in [-0.2, -0.15) is 18.3 Å². The number of alkyl halides is 3. The van der Waals surface area contributed by atoms with Crippen LogP contribution < -0.4 is 10.4 Å². The highest BCUT2D eigenvalue weighted by molar-refractivity contribution is 5.96. The van der Waals surface area contributed by atoms with E-state index < -0.39 is 17.8 Å². The third-order valence-corrected chi connectivity index (χ3v) is 3.71. The number of ether oxygens (including phenoxy) is 1. The molecule has 0 saturated carbocycles. The number of halogens is 3. The van der Waals surface area contributed by atoms with Crippen LogP contribution in [0.1, 0.15) is 28.8 Å². The Morgan fingerprint density at radius 3 is 2.80 bits per heavy atom. The molecule has 1 aliphatic heterocycles. The minimum atomic E-state index is -4.64. The molecule has 0 radical (unpaired) electrons. The lowest BCUT2D eigenvalue weighted by atomic mass is 10.2. The Labute approximate surface area is 139 Å². The number of carbonyl (C=O) groups excluding carboxylic acids is 1. The second-order valence-electron chi connectivity index (χ2n) is 5.30. The molecule has 3 rings (SSSR count). The molecule has 0 saturated heterocycles. The van der Waals surface area contributed by atoms with Gasteiger partial charge in [0.25, 0.3) is 5.91 Å². The summed E-state index contributed by atoms with van der Waals surface area (Å²) in [5.41, 5.74) is -1.57. The van der Waals surface area contributed by atoms with Gasteiger partial charge in [0.05, 0.1) is 13.2 Å². The van der Waals surface area contributed by atoms with Crippen molar-refractivity contribution in [1.29, 1.82) is 0 Å². The lowest BCUT2D eigenvalue weighted by Crippen LogP contribution is -2.40. The molecule has 0 unspecified atom stereocenters. The van der Waals surface area contributed by atoms with Gasteiger partial charge in [-0.3, -0.25) is 9.36 Å². The molecule has 25 heavy (non-hydrogen) atoms. The zero-order chi connectivity index (χ0) is 18.2. The van der Waals surface area contributed by atoms with Crippen LogP contribution in [0.2, 0.25) is 0 Å². The fraction of sp³-hybridized carbons (Fsp3) is 0.429. The van der Waals surface area contributed by atoms with Gasteiger partial charge >= 0.3 is 11.9 Å². The van der Waals surface area contributed by atoms with Crippen molar-refractivity contribution in [2.75, 3.05) is 13.2 Å². The van der Waals surface area contributed by atoms with E-state index in [0.29, 0.717) is 5.82 Å². The van der Waals surface area contributed by atoms with Gasteiger partial charge in [-0.05, 0) is 19.1 Å². The molecule has 0 atom stereocenters. The normalized spacial score (nSPS) is 14.3. The molecular weight excluding hydrogens is 343 g/mol. The van der Waals surface area contributed by atoms with Crippen LogP contribution in [0.25, 0.3) is 0 Å². The van der Waals surface area contributed by atoms with E-state index in [-0.39, 0.29) is 43.4 Å². The molecule has 0 aromatic carbocycles. The van der Waals surface area contributed by atoms with Gasteiger partial charge in [0.2, 0.25) is 5.88 Å². The summed E-state index contributed by atoms with van der Waals surface area (Å²) >= 11 is 0. The van der Waals surface area contributed by atoms with Crippen molar-refractivity contribution >= 4 is 5.91 Å². The van der Waals surface area contributed by atoms with Gasteiger partial charge in [0.1, 0.15) is 11.3 Å². The van der Waals surface area contributed by atoms with E-state index in [1.807, 2.05) is 0 Å². The van der Waals surface area contributed by atoms with Crippen molar-refractivity contribution in [3.8, 4) is 5.88 Å². The SMILES string of the molecule is CCOc1nc(C(F)(F)F)ccc1C(=O)N1CCn2c(n[nH]c2=O)C1. The van der Waals surface area contributed by atoms with Crippen molar-refractivity contribution in [3.63, 3.8) is 0 Å². The largest absolute Gasteiger partial charge is 0.477 e. The molecule has 1 aliphatic rings. The number of aromatic nitrogens is 4. The van der Waals surface area contributed by atoms with Crippen LogP contribution in [0.3, 0.4) is 0 Å². The second-order valence-corrected chi connectivity index (χ2v) is 5.30. The number of pyridine rings is 1. The summed E-state index contributed by atoms with van der Waals surface area (Å²) in [5.74, 6) is -0.527. The van der Waals surface area contributed by atoms with Gasteiger partial charge in [0.15, 0.2) is 5.82 Å². The van der Waals surface area contributed by atoms with Crippen molar-refractivity contribution in [2.24, 2.45) is 0 Å². The standard InChI is InChI=1S/C14H14F3N5O3/c1-2-25-11-8(3-4-9(18-11)14(15,16)17)12(23)21-5-6-22-10(7-21)19-20-13(22)24/h3-4H,2,5-7H2,1H3,(H,20,24). The number of aromatic amines is 1. The van der Waals surface area contributed by atoms with Crippen LogP contribution in [-0.2, 0) is 19.3 Å². The highest BCUT2D eigenvalue weighted by Crippen LogP contribution is 2.31. The van der Waals surface area contributed by atoms with Crippen molar-refractivity contribution < 1.29 is 22.7 Å². The maximum atomic E-state index is 12.8. The summed E-state index contributed by atoms with van der Waals surface area (Å²) in [6, 6.07) is 1.79. The Bertz CT molecular complexity index is 858. The van der Waals surface area contributed by atoms with Crippen LogP contribution in [0, 0.1) is 0 Å². The van der Waals surface area contributed by atoms with E-state index in [4.69, 9.17) is 4.74 Å². The highest BCUT2D eigenvalue weighted by atomic mass is 19.4. The summed E-state index contributed by atoms with van der Waals surface area (Å²) < 4.78 is 44.9. The first-order valence-electron chi connectivity index (χ1n) is 7.45. The van der Waals surface area contributed by atoms with Crippen LogP contribution >= 0.6 is 0 Å². The number of H-pyrrole nitrogens is 1. The molecule has 0 spiro atoms.